The molecule has 0 spiro atoms. The lowest BCUT2D eigenvalue weighted by Crippen LogP contribution is -1.94. The lowest BCUT2D eigenvalue weighted by atomic mass is 9.84. The molecule has 0 saturated carbocycles. The fourth-order valence-electron chi connectivity index (χ4n) is 9.36. The summed E-state index contributed by atoms with van der Waals surface area (Å²) in [7, 11) is 0. The topological polar surface area (TPSA) is 25.8 Å². The molecule has 0 aliphatic rings. The van der Waals surface area contributed by atoms with Crippen molar-refractivity contribution in [2.24, 2.45) is 0 Å². The van der Waals surface area contributed by atoms with Crippen molar-refractivity contribution in [1.29, 1.82) is 0 Å². The van der Waals surface area contributed by atoms with E-state index in [2.05, 4.69) is 152 Å². The molecule has 54 heavy (non-hydrogen) atoms. The molecule has 2 nitrogen and oxygen atoms in total. The number of rotatable bonds is 3. The molecule has 248 valence electrons. The fourth-order valence-corrected chi connectivity index (χ4v) is 9.36. The quantitative estimate of drug-likeness (QED) is 0.137. The predicted octanol–water partition coefficient (Wildman–Crippen LogP) is 14.1. The highest BCUT2D eigenvalue weighted by atomic mass is 14.8. The molecule has 12 aromatic rings. The van der Waals surface area contributed by atoms with Gasteiger partial charge in [-0.1, -0.05) is 158 Å². The zero-order valence-electron chi connectivity index (χ0n) is 29.2. The van der Waals surface area contributed by atoms with Crippen molar-refractivity contribution in [1.82, 2.24) is 9.97 Å². The molecule has 0 atom stereocenters. The van der Waals surface area contributed by atoms with Crippen LogP contribution in [0.1, 0.15) is 0 Å². The van der Waals surface area contributed by atoms with Crippen LogP contribution < -0.4 is 0 Å². The monoisotopic (exact) mass is 682 g/mol. The van der Waals surface area contributed by atoms with Crippen LogP contribution >= 0.6 is 0 Å². The highest BCUT2D eigenvalue weighted by Crippen LogP contribution is 2.48. The summed E-state index contributed by atoms with van der Waals surface area (Å²) < 4.78 is 0. The second kappa shape index (κ2) is 11.2. The minimum Gasteiger partial charge on any atom is -0.252 e. The summed E-state index contributed by atoms with van der Waals surface area (Å²) in [6.07, 6.45) is 3.84. The van der Waals surface area contributed by atoms with Crippen LogP contribution in [0, 0.1) is 0 Å². The van der Waals surface area contributed by atoms with E-state index >= 15 is 0 Å². The van der Waals surface area contributed by atoms with Gasteiger partial charge in [0.2, 0.25) is 0 Å². The third-order valence-electron chi connectivity index (χ3n) is 11.6. The van der Waals surface area contributed by atoms with E-state index in [1.54, 1.807) is 0 Å². The van der Waals surface area contributed by atoms with Gasteiger partial charge in [0.05, 0.1) is 23.8 Å². The van der Waals surface area contributed by atoms with Gasteiger partial charge >= 0.3 is 0 Å². The van der Waals surface area contributed by atoms with Gasteiger partial charge in [0, 0.05) is 11.1 Å². The number of fused-ring (bicyclic) bond motifs is 4. The maximum Gasteiger partial charge on any atom is 0.0898 e. The van der Waals surface area contributed by atoms with Crippen LogP contribution in [-0.4, -0.2) is 9.97 Å². The summed E-state index contributed by atoms with van der Waals surface area (Å²) in [4.78, 5) is 9.96. The average Bonchev–Trinajstić information content (AvgIpc) is 3.24. The first-order valence-corrected chi connectivity index (χ1v) is 18.6. The number of hydrogen-bond donors (Lipinski definition) is 0. The lowest BCUT2D eigenvalue weighted by Gasteiger charge is -2.19. The normalized spacial score (nSPS) is 12.1. The van der Waals surface area contributed by atoms with Gasteiger partial charge in [-0.2, -0.15) is 0 Å². The molecule has 1 aromatic heterocycles. The van der Waals surface area contributed by atoms with Crippen LogP contribution in [0.15, 0.2) is 182 Å². The first-order chi connectivity index (χ1) is 26.8. The van der Waals surface area contributed by atoms with Gasteiger partial charge in [-0.05, 0) is 109 Å². The van der Waals surface area contributed by atoms with Gasteiger partial charge < -0.3 is 0 Å². The van der Waals surface area contributed by atoms with Crippen LogP contribution in [-0.2, 0) is 0 Å². The van der Waals surface area contributed by atoms with Crippen LogP contribution in [0.4, 0.5) is 0 Å². The highest BCUT2D eigenvalue weighted by molar-refractivity contribution is 6.37. The molecule has 12 rings (SSSR count). The summed E-state index contributed by atoms with van der Waals surface area (Å²) in [6.45, 7) is 0. The number of aromatic nitrogens is 2. The Kier molecular flexibility index (Phi) is 6.09. The minimum absolute atomic E-state index is 0.866. The molecule has 0 aliphatic heterocycles. The Morgan fingerprint density at radius 1 is 0.259 bits per heavy atom. The van der Waals surface area contributed by atoms with Crippen molar-refractivity contribution in [3.8, 4) is 33.6 Å². The molecular formula is C52H30N2. The molecule has 0 amide bonds. The van der Waals surface area contributed by atoms with E-state index in [4.69, 9.17) is 9.97 Å². The summed E-state index contributed by atoms with van der Waals surface area (Å²) >= 11 is 0. The molecule has 0 bridgehead atoms. The van der Waals surface area contributed by atoms with Crippen molar-refractivity contribution < 1.29 is 0 Å². The van der Waals surface area contributed by atoms with Crippen molar-refractivity contribution >= 4 is 86.2 Å². The van der Waals surface area contributed by atoms with E-state index < -0.39 is 0 Å². The maximum absolute atomic E-state index is 5.05. The summed E-state index contributed by atoms with van der Waals surface area (Å²) in [6, 6.07) is 62.4. The molecule has 1 heterocycles. The fraction of sp³-hybridized carbons (Fsp3) is 0. The van der Waals surface area contributed by atoms with Gasteiger partial charge in [0.1, 0.15) is 0 Å². The Morgan fingerprint density at radius 2 is 0.685 bits per heavy atom. The van der Waals surface area contributed by atoms with Gasteiger partial charge in [0.15, 0.2) is 0 Å². The predicted molar refractivity (Wildman–Crippen MR) is 230 cm³/mol. The zero-order chi connectivity index (χ0) is 35.3. The second-order valence-electron chi connectivity index (χ2n) is 14.5. The van der Waals surface area contributed by atoms with E-state index in [0.29, 0.717) is 0 Å². The molecule has 11 aromatic carbocycles. The van der Waals surface area contributed by atoms with Gasteiger partial charge in [-0.15, -0.1) is 0 Å². The van der Waals surface area contributed by atoms with Crippen LogP contribution in [0.3, 0.4) is 0 Å². The van der Waals surface area contributed by atoms with Crippen LogP contribution in [0.25, 0.3) is 120 Å². The summed E-state index contributed by atoms with van der Waals surface area (Å²) in [5.74, 6) is 0. The molecule has 0 unspecified atom stereocenters. The Morgan fingerprint density at radius 3 is 1.22 bits per heavy atom. The van der Waals surface area contributed by atoms with Crippen molar-refractivity contribution in [3.05, 3.63) is 182 Å². The second-order valence-corrected chi connectivity index (χ2v) is 14.5. The van der Waals surface area contributed by atoms with E-state index in [0.717, 1.165) is 33.3 Å². The Bertz CT molecular complexity index is 3410. The average molecular weight is 683 g/mol. The van der Waals surface area contributed by atoms with E-state index in [-0.39, 0.29) is 0 Å². The SMILES string of the molecule is c1ccc(-c2cnc(-c3c4ccccc4c(-c4cc5ccc6cccc7c8cccc9ccc%10cccc(c(c4)c5c67)c%10c98)c4ccccc34)cn2)cc1. The minimum atomic E-state index is 0.866. The van der Waals surface area contributed by atoms with E-state index in [9.17, 15) is 0 Å². The van der Waals surface area contributed by atoms with Crippen molar-refractivity contribution in [2.45, 2.75) is 0 Å². The lowest BCUT2D eigenvalue weighted by molar-refractivity contribution is 1.21. The summed E-state index contributed by atoms with van der Waals surface area (Å²) in [5.41, 5.74) is 6.34. The number of hydrogen-bond acceptors (Lipinski definition) is 2. The number of nitrogens with zero attached hydrogens (tertiary/aromatic N) is 2. The van der Waals surface area contributed by atoms with Crippen LogP contribution in [0.5, 0.6) is 0 Å². The molecule has 0 saturated heterocycles. The first kappa shape index (κ1) is 29.4. The molecule has 0 aliphatic carbocycles. The third kappa shape index (κ3) is 4.11. The Balaban J connectivity index is 1.22. The first-order valence-electron chi connectivity index (χ1n) is 18.6. The van der Waals surface area contributed by atoms with E-state index in [1.165, 1.54) is 86.5 Å². The Labute approximate surface area is 310 Å². The number of benzene rings is 10. The highest BCUT2D eigenvalue weighted by Gasteiger charge is 2.20. The standard InChI is InChI=1S/C52H30N2/c1-2-11-31(12-3-1)45-29-54-46(30-53-45)52-41-18-6-4-16-37(41)47(38-17-5-7-19-42(38)52)36-27-35-26-25-34-14-9-21-40-39-20-8-13-32-23-24-33-15-10-22-43(50(33)48(32)39)44(28-36)51(35)49(34)40/h1-30H. The molecule has 0 N–H and O–H groups in total. The smallest absolute Gasteiger partial charge is 0.0898 e. The summed E-state index contributed by atoms with van der Waals surface area (Å²) in [5, 5.41) is 20.2. The van der Waals surface area contributed by atoms with Gasteiger partial charge in [-0.25, -0.2) is 0 Å². The van der Waals surface area contributed by atoms with Crippen LogP contribution in [0.2, 0.25) is 0 Å². The Hall–Kier alpha value is -7.16. The zero-order valence-corrected chi connectivity index (χ0v) is 29.2. The molecule has 0 radical (unpaired) electrons. The maximum atomic E-state index is 5.05. The van der Waals surface area contributed by atoms with Crippen molar-refractivity contribution in [3.63, 3.8) is 0 Å². The largest absolute Gasteiger partial charge is 0.252 e. The molecular weight excluding hydrogens is 653 g/mol. The van der Waals surface area contributed by atoms with Gasteiger partial charge in [0.25, 0.3) is 0 Å². The molecule has 0 fully saturated rings. The van der Waals surface area contributed by atoms with Gasteiger partial charge in [-0.3, -0.25) is 9.97 Å². The molecule has 2 heteroatoms. The van der Waals surface area contributed by atoms with Crippen molar-refractivity contribution in [2.75, 3.05) is 0 Å². The third-order valence-corrected chi connectivity index (χ3v) is 11.6. The van der Waals surface area contributed by atoms with E-state index in [1.807, 2.05) is 30.6 Å².